The third-order valence-corrected chi connectivity index (χ3v) is 8.04. The quantitative estimate of drug-likeness (QED) is 0.334. The maximum absolute atomic E-state index is 13.2. The molecule has 2 aromatic heterocycles. The molecular weight excluding hydrogens is 472 g/mol. The van der Waals surface area contributed by atoms with Crippen molar-refractivity contribution in [2.75, 3.05) is 5.32 Å². The van der Waals surface area contributed by atoms with Gasteiger partial charge in [-0.05, 0) is 72.7 Å². The van der Waals surface area contributed by atoms with E-state index in [1.54, 1.807) is 48.8 Å². The molecule has 1 fully saturated rings. The molecule has 0 bridgehead atoms. The van der Waals surface area contributed by atoms with Gasteiger partial charge in [0.25, 0.3) is 10.0 Å². The van der Waals surface area contributed by atoms with Crippen LogP contribution in [0.5, 0.6) is 0 Å². The number of hydrogen-bond donors (Lipinski definition) is 2. The van der Waals surface area contributed by atoms with E-state index >= 15 is 0 Å². The molecule has 4 aromatic rings. The lowest BCUT2D eigenvalue weighted by molar-refractivity contribution is -0.118. The Kier molecular flexibility index (Phi) is 6.64. The number of rotatable bonds is 9. The molecule has 0 radical (unpaired) electrons. The van der Waals surface area contributed by atoms with Gasteiger partial charge in [0.1, 0.15) is 0 Å². The summed E-state index contributed by atoms with van der Waals surface area (Å²) < 4.78 is 27.6. The zero-order valence-electron chi connectivity index (χ0n) is 20.4. The Hall–Kier alpha value is -3.49. The summed E-state index contributed by atoms with van der Waals surface area (Å²) >= 11 is 0. The maximum Gasteiger partial charge on any atom is 0.269 e. The summed E-state index contributed by atoms with van der Waals surface area (Å²) in [4.78, 5) is 17.5. The summed E-state index contributed by atoms with van der Waals surface area (Å²) in [6, 6.07) is 19.8. The lowest BCUT2D eigenvalue weighted by Gasteiger charge is -2.20. The van der Waals surface area contributed by atoms with Gasteiger partial charge in [0, 0.05) is 29.5 Å². The van der Waals surface area contributed by atoms with E-state index in [9.17, 15) is 13.2 Å². The number of carbonyl (C=O) groups excluding carboxylic acids is 1. The van der Waals surface area contributed by atoms with E-state index in [0.29, 0.717) is 17.6 Å². The predicted octanol–water partition coefficient (Wildman–Crippen LogP) is 5.05. The molecule has 1 atom stereocenters. The summed E-state index contributed by atoms with van der Waals surface area (Å²) in [7, 11) is -3.76. The maximum atomic E-state index is 13.2. The van der Waals surface area contributed by atoms with Crippen LogP contribution in [0.15, 0.2) is 84.0 Å². The SMILES string of the molecule is CC(C)C[C@@H](NC1CC1)C(=O)Nc1ccc(-c2ccnc3c2ccn3S(=O)(=O)c2ccccc2)cc1. The molecule has 1 amide bonds. The largest absolute Gasteiger partial charge is 0.325 e. The predicted molar refractivity (Wildman–Crippen MR) is 142 cm³/mol. The first-order chi connectivity index (χ1) is 17.3. The van der Waals surface area contributed by atoms with Gasteiger partial charge < -0.3 is 10.6 Å². The van der Waals surface area contributed by atoms with Crippen LogP contribution in [0.2, 0.25) is 0 Å². The van der Waals surface area contributed by atoms with Crippen molar-refractivity contribution in [3.63, 3.8) is 0 Å². The Morgan fingerprint density at radius 2 is 1.75 bits per heavy atom. The Bertz CT molecular complexity index is 1470. The van der Waals surface area contributed by atoms with Gasteiger partial charge in [-0.2, -0.15) is 0 Å². The van der Waals surface area contributed by atoms with Gasteiger partial charge in [0.05, 0.1) is 10.9 Å². The van der Waals surface area contributed by atoms with Gasteiger partial charge >= 0.3 is 0 Å². The fraction of sp³-hybridized carbons (Fsp3) is 0.286. The fourth-order valence-corrected chi connectivity index (χ4v) is 5.71. The van der Waals surface area contributed by atoms with E-state index in [1.807, 2.05) is 30.3 Å². The van der Waals surface area contributed by atoms with Crippen molar-refractivity contribution in [2.45, 2.75) is 50.1 Å². The average Bonchev–Trinajstić information content (AvgIpc) is 3.58. The van der Waals surface area contributed by atoms with Gasteiger partial charge in [-0.15, -0.1) is 0 Å². The fourth-order valence-electron chi connectivity index (χ4n) is 4.39. The summed E-state index contributed by atoms with van der Waals surface area (Å²) in [6.45, 7) is 4.25. The lowest BCUT2D eigenvalue weighted by Crippen LogP contribution is -2.42. The number of anilines is 1. The van der Waals surface area contributed by atoms with Crippen LogP contribution in [0.3, 0.4) is 0 Å². The highest BCUT2D eigenvalue weighted by atomic mass is 32.2. The van der Waals surface area contributed by atoms with Crippen LogP contribution in [0.25, 0.3) is 22.2 Å². The van der Waals surface area contributed by atoms with Crippen LogP contribution in [0.1, 0.15) is 33.1 Å². The Balaban J connectivity index is 1.39. The topological polar surface area (TPSA) is 93.1 Å². The first-order valence-corrected chi connectivity index (χ1v) is 13.7. The van der Waals surface area contributed by atoms with Crippen molar-refractivity contribution in [3.05, 3.63) is 79.1 Å². The summed E-state index contributed by atoms with van der Waals surface area (Å²) in [5, 5.41) is 7.23. The average molecular weight is 503 g/mol. The number of nitrogens with one attached hydrogen (secondary N) is 2. The number of hydrogen-bond acceptors (Lipinski definition) is 5. The van der Waals surface area contributed by atoms with E-state index in [-0.39, 0.29) is 16.8 Å². The summed E-state index contributed by atoms with van der Waals surface area (Å²) in [5.74, 6) is 0.402. The first-order valence-electron chi connectivity index (χ1n) is 12.3. The Morgan fingerprint density at radius 3 is 2.42 bits per heavy atom. The number of carbonyl (C=O) groups is 1. The van der Waals surface area contributed by atoms with Gasteiger partial charge in [0.15, 0.2) is 5.65 Å². The molecule has 5 rings (SSSR count). The number of fused-ring (bicyclic) bond motifs is 1. The zero-order chi connectivity index (χ0) is 25.3. The van der Waals surface area contributed by atoms with Crippen molar-refractivity contribution in [1.82, 2.24) is 14.3 Å². The molecule has 7 nitrogen and oxygen atoms in total. The van der Waals surface area contributed by atoms with Crippen LogP contribution >= 0.6 is 0 Å². The molecule has 0 saturated heterocycles. The summed E-state index contributed by atoms with van der Waals surface area (Å²) in [5.41, 5.74) is 2.87. The molecule has 36 heavy (non-hydrogen) atoms. The van der Waals surface area contributed by atoms with Crippen molar-refractivity contribution < 1.29 is 13.2 Å². The van der Waals surface area contributed by atoms with E-state index in [1.165, 1.54) is 3.97 Å². The number of aromatic nitrogens is 2. The van der Waals surface area contributed by atoms with Crippen LogP contribution in [0, 0.1) is 5.92 Å². The highest BCUT2D eigenvalue weighted by Gasteiger charge is 2.29. The normalized spacial score (nSPS) is 14.8. The number of pyridine rings is 1. The van der Waals surface area contributed by atoms with E-state index in [4.69, 9.17) is 0 Å². The van der Waals surface area contributed by atoms with E-state index in [2.05, 4.69) is 29.5 Å². The molecule has 0 unspecified atom stereocenters. The van der Waals surface area contributed by atoms with Crippen LogP contribution in [-0.4, -0.2) is 35.4 Å². The molecule has 2 heterocycles. The number of benzene rings is 2. The highest BCUT2D eigenvalue weighted by Crippen LogP contribution is 2.31. The monoisotopic (exact) mass is 502 g/mol. The number of amides is 1. The minimum absolute atomic E-state index is 0.0159. The number of nitrogens with zero attached hydrogens (tertiary/aromatic N) is 2. The van der Waals surface area contributed by atoms with Crippen molar-refractivity contribution in [1.29, 1.82) is 0 Å². The standard InChI is InChI=1S/C28H30N4O3S/c1-19(2)18-26(30-21-12-13-21)28(33)31-22-10-8-20(9-11-22)24-14-16-29-27-25(24)15-17-32(27)36(34,35)23-6-4-3-5-7-23/h3-11,14-17,19,21,26,30H,12-13,18H2,1-2H3,(H,31,33)/t26-/m1/s1. The molecule has 0 aliphatic heterocycles. The minimum Gasteiger partial charge on any atom is -0.325 e. The third kappa shape index (κ3) is 5.05. The zero-order valence-corrected chi connectivity index (χ0v) is 21.2. The Labute approximate surface area is 211 Å². The molecule has 1 aliphatic rings. The van der Waals surface area contributed by atoms with Crippen molar-refractivity contribution >= 4 is 32.7 Å². The van der Waals surface area contributed by atoms with E-state index in [0.717, 1.165) is 41.5 Å². The van der Waals surface area contributed by atoms with Crippen LogP contribution in [-0.2, 0) is 14.8 Å². The second kappa shape index (κ2) is 9.87. The Morgan fingerprint density at radius 1 is 1.03 bits per heavy atom. The third-order valence-electron chi connectivity index (χ3n) is 6.36. The van der Waals surface area contributed by atoms with Crippen LogP contribution < -0.4 is 10.6 Å². The second-order valence-corrected chi connectivity index (χ2v) is 11.5. The first kappa shape index (κ1) is 24.2. The molecule has 0 spiro atoms. The van der Waals surface area contributed by atoms with Gasteiger partial charge in [-0.25, -0.2) is 17.4 Å². The molecule has 1 aliphatic carbocycles. The molecule has 1 saturated carbocycles. The lowest BCUT2D eigenvalue weighted by atomic mass is 10.0. The van der Waals surface area contributed by atoms with Gasteiger partial charge in [-0.1, -0.05) is 44.2 Å². The van der Waals surface area contributed by atoms with E-state index < -0.39 is 10.0 Å². The van der Waals surface area contributed by atoms with Gasteiger partial charge in [0.2, 0.25) is 5.91 Å². The highest BCUT2D eigenvalue weighted by molar-refractivity contribution is 7.90. The van der Waals surface area contributed by atoms with Gasteiger partial charge in [-0.3, -0.25) is 4.79 Å². The summed E-state index contributed by atoms with van der Waals surface area (Å²) in [6.07, 6.45) is 6.21. The minimum atomic E-state index is -3.76. The molecule has 2 aromatic carbocycles. The molecular formula is C28H30N4O3S. The smallest absolute Gasteiger partial charge is 0.269 e. The van der Waals surface area contributed by atoms with Crippen molar-refractivity contribution in [3.8, 4) is 11.1 Å². The molecule has 8 heteroatoms. The second-order valence-electron chi connectivity index (χ2n) is 9.72. The van der Waals surface area contributed by atoms with Crippen LogP contribution in [0.4, 0.5) is 5.69 Å². The van der Waals surface area contributed by atoms with Crippen molar-refractivity contribution in [2.24, 2.45) is 5.92 Å². The molecule has 2 N–H and O–H groups in total. The molecule has 186 valence electrons.